The van der Waals surface area contributed by atoms with Crippen LogP contribution in [-0.2, 0) is 29.4 Å². The van der Waals surface area contributed by atoms with Crippen molar-refractivity contribution in [3.05, 3.63) is 183 Å². The van der Waals surface area contributed by atoms with E-state index in [1.807, 2.05) is 37.5 Å². The van der Waals surface area contributed by atoms with Crippen LogP contribution in [0.15, 0.2) is 173 Å². The van der Waals surface area contributed by atoms with E-state index in [0.29, 0.717) is 83.8 Å². The number of hydrogen-bond donors (Lipinski definition) is 6. The summed E-state index contributed by atoms with van der Waals surface area (Å²) in [6, 6.07) is 22.3. The van der Waals surface area contributed by atoms with Crippen LogP contribution in [0, 0.1) is 6.92 Å². The number of likely N-dealkylation sites (tertiary alicyclic amines) is 2. The van der Waals surface area contributed by atoms with Crippen molar-refractivity contribution in [2.75, 3.05) is 96.4 Å². The molecule has 0 saturated carbocycles. The van der Waals surface area contributed by atoms with Gasteiger partial charge in [-0.15, -0.1) is 13.2 Å². The molecule has 7 aliphatic heterocycles. The maximum atomic E-state index is 15.2. The van der Waals surface area contributed by atoms with Crippen LogP contribution in [0.2, 0.25) is 0 Å². The Kier molecular flexibility index (Phi) is 20.7. The van der Waals surface area contributed by atoms with E-state index in [2.05, 4.69) is 56.7 Å². The number of nitrogens with zero attached hydrogens (tertiary/aromatic N) is 16. The van der Waals surface area contributed by atoms with Crippen LogP contribution in [0.1, 0.15) is 92.7 Å². The number of methoxy groups -OCH3 is 1. The summed E-state index contributed by atoms with van der Waals surface area (Å²) in [5, 5.41) is 22.3. The Balaban J connectivity index is 0.784. The molecule has 4 atom stereocenters. The maximum Gasteiger partial charge on any atom is 0.573 e. The smallest absolute Gasteiger partial charge is 0.496 e. The van der Waals surface area contributed by atoms with E-state index in [1.54, 1.807) is 76.1 Å². The van der Waals surface area contributed by atoms with E-state index in [9.17, 15) is 45.1 Å². The van der Waals surface area contributed by atoms with Gasteiger partial charge in [0.25, 0.3) is 17.7 Å². The van der Waals surface area contributed by atoms with Crippen molar-refractivity contribution in [2.24, 2.45) is 30.0 Å². The quantitative estimate of drug-likeness (QED) is 0.0410. The van der Waals surface area contributed by atoms with Crippen molar-refractivity contribution in [3.8, 4) is 11.5 Å². The molecule has 15 rings (SSSR count). The monoisotopic (exact) mass is 1560 g/mol. The SMILES string of the molecule is COc1ccc(NC(=O)c2ccc(CN3C=NC(Nc4cc(C(=O)Nc5cc(C(C)(C)C)on5)ccc4C)=C4N=C(N5CC[C@H](F)C5)N=CC43)c(NC3=C4N=C(N5CC[C@H](F)C5)N=CC4N(Cc4ccc(C(=O)Nc5cccc(OC(F)(F)F)c5)cc4Nc4ncnc5cnc(N6CCOCC6)nc45)C=N3)c2)cc1C(F)(F)F. The zero-order chi connectivity index (χ0) is 79.0. The van der Waals surface area contributed by atoms with Crippen molar-refractivity contribution in [1.29, 1.82) is 0 Å². The third kappa shape index (κ3) is 17.0. The number of aliphatic imine (C=N–C) groups is 6. The number of aryl methyl sites for hydroxylation is 1. The van der Waals surface area contributed by atoms with Crippen LogP contribution >= 0.6 is 0 Å². The number of benzene rings is 5. The zero-order valence-corrected chi connectivity index (χ0v) is 61.1. The van der Waals surface area contributed by atoms with Gasteiger partial charge < -0.3 is 75.1 Å². The van der Waals surface area contributed by atoms with Crippen molar-refractivity contribution < 1.29 is 68.2 Å². The highest BCUT2D eigenvalue weighted by Gasteiger charge is 2.39. The summed E-state index contributed by atoms with van der Waals surface area (Å²) in [5.74, 6) is -0.857. The van der Waals surface area contributed by atoms with E-state index in [4.69, 9.17) is 48.9 Å². The van der Waals surface area contributed by atoms with Crippen LogP contribution in [-0.4, -0.2) is 190 Å². The van der Waals surface area contributed by atoms with Crippen molar-refractivity contribution in [3.63, 3.8) is 0 Å². The number of anilines is 8. The average molecular weight is 1560 g/mol. The summed E-state index contributed by atoms with van der Waals surface area (Å²) >= 11 is 0. The highest BCUT2D eigenvalue weighted by atomic mass is 19.4. The van der Waals surface area contributed by atoms with Crippen LogP contribution in [0.4, 0.5) is 81.1 Å². The van der Waals surface area contributed by atoms with E-state index >= 15 is 4.39 Å². The molecule has 2 unspecified atom stereocenters. The summed E-state index contributed by atoms with van der Waals surface area (Å²) in [7, 11) is 1.10. The van der Waals surface area contributed by atoms with Gasteiger partial charge in [0.05, 0.1) is 57.9 Å². The van der Waals surface area contributed by atoms with Gasteiger partial charge in [-0.05, 0) is 103 Å². The number of ether oxygens (including phenoxy) is 3. The number of rotatable bonds is 19. The fourth-order valence-corrected chi connectivity index (χ4v) is 13.3. The number of guanidine groups is 2. The average Bonchev–Trinajstić information content (AvgIpc) is 1.60. The molecule has 29 nitrogen and oxygen atoms in total. The lowest BCUT2D eigenvalue weighted by atomic mass is 9.93. The van der Waals surface area contributed by atoms with Gasteiger partial charge in [-0.2, -0.15) is 13.2 Å². The Bertz CT molecular complexity index is 5320. The largest absolute Gasteiger partial charge is 0.573 e. The highest BCUT2D eigenvalue weighted by molar-refractivity contribution is 6.07. The molecule has 10 heterocycles. The Morgan fingerprint density at radius 3 is 1.75 bits per heavy atom. The minimum Gasteiger partial charge on any atom is -0.496 e. The molecular weight excluding hydrogens is 1480 g/mol. The molecule has 0 bridgehead atoms. The van der Waals surface area contributed by atoms with Gasteiger partial charge in [0.2, 0.25) is 17.9 Å². The molecule has 584 valence electrons. The molecule has 113 heavy (non-hydrogen) atoms. The van der Waals surface area contributed by atoms with Crippen molar-refractivity contribution >= 4 is 112 Å². The lowest BCUT2D eigenvalue weighted by Crippen LogP contribution is -2.43. The molecule has 7 aliphatic rings. The highest BCUT2D eigenvalue weighted by Crippen LogP contribution is 2.40. The summed E-state index contributed by atoms with van der Waals surface area (Å²) in [5.41, 5.74) is 2.63. The molecule has 0 aliphatic carbocycles. The maximum absolute atomic E-state index is 15.2. The number of halogens is 8. The van der Waals surface area contributed by atoms with Gasteiger partial charge in [-0.25, -0.2) is 58.7 Å². The van der Waals surface area contributed by atoms with E-state index in [0.717, 1.165) is 36.9 Å². The molecule has 0 spiro atoms. The molecule has 0 radical (unpaired) electrons. The predicted molar refractivity (Wildman–Crippen MR) is 407 cm³/mol. The standard InChI is InChI=1S/C76H72F8N22O7/c1-41-9-10-42(70(109)97-61-30-60(113-101-61)74(2,3)4)25-53(41)94-66-63-57(32-86-72(99-63)103-19-17-47(77)36-103)105(39-90-66)35-46-14-12-44(69(108)93-50-15-16-59(110-5)52(29-50)75(79,80)81)27-55(46)96-67-64-58(33-87-73(100-64)104-20-18-48(78)37-104)106(40-91-67)34-45-13-11-43(68(107)92-49-7-6-8-51(28-49)112-76(82,83)84)26-54(45)95-65-62-56(88-38-89-65)31-85-71(98-62)102-21-23-111-24-22-102/h6-16,25-33,38-40,47-48,57-58,94,96H,17-24,34-37H2,1-5H3,(H,92,107)(H,93,108)(H,88,89,95)(H,97,101,109)/t47-,48-,57?,58?/m0/s1. The lowest BCUT2D eigenvalue weighted by molar-refractivity contribution is -0.274. The van der Waals surface area contributed by atoms with Gasteiger partial charge in [-0.3, -0.25) is 14.4 Å². The minimum atomic E-state index is -5.01. The van der Waals surface area contributed by atoms with Crippen LogP contribution in [0.5, 0.6) is 11.5 Å². The fourth-order valence-electron chi connectivity index (χ4n) is 13.3. The summed E-state index contributed by atoms with van der Waals surface area (Å²) in [6.07, 6.45) is -2.53. The first-order valence-corrected chi connectivity index (χ1v) is 35.8. The first-order valence-electron chi connectivity index (χ1n) is 35.8. The van der Waals surface area contributed by atoms with E-state index in [-0.39, 0.29) is 126 Å². The summed E-state index contributed by atoms with van der Waals surface area (Å²) in [4.78, 5) is 99.7. The second-order valence-corrected chi connectivity index (χ2v) is 28.3. The summed E-state index contributed by atoms with van der Waals surface area (Å²) in [6.45, 7) is 10.2. The van der Waals surface area contributed by atoms with Crippen molar-refractivity contribution in [2.45, 2.75) is 96.0 Å². The fraction of sp³-hybridized carbons (Fsp3) is 0.316. The van der Waals surface area contributed by atoms with E-state index in [1.165, 1.54) is 55.1 Å². The molecule has 5 aromatic carbocycles. The first-order chi connectivity index (χ1) is 54.2. The predicted octanol–water partition coefficient (Wildman–Crippen LogP) is 12.2. The van der Waals surface area contributed by atoms with E-state index < -0.39 is 71.7 Å². The molecule has 3 fully saturated rings. The number of morpholine rings is 1. The topological polar surface area (TPSA) is 319 Å². The van der Waals surface area contributed by atoms with Gasteiger partial charge in [0, 0.05) is 114 Å². The van der Waals surface area contributed by atoms with Crippen LogP contribution in [0.3, 0.4) is 0 Å². The van der Waals surface area contributed by atoms with Crippen LogP contribution in [0.25, 0.3) is 11.0 Å². The molecular formula is C76H72F8N22O7. The summed E-state index contributed by atoms with van der Waals surface area (Å²) < 4.78 is 134. The Morgan fingerprint density at radius 1 is 0.611 bits per heavy atom. The number of amides is 3. The Hall–Kier alpha value is -13.0. The van der Waals surface area contributed by atoms with Gasteiger partial charge in [-0.1, -0.05) is 50.2 Å². The number of nitrogens with one attached hydrogen (secondary N) is 6. The number of carbonyl (C=O) groups is 3. The third-order valence-electron chi connectivity index (χ3n) is 19.3. The second-order valence-electron chi connectivity index (χ2n) is 28.3. The molecule has 6 N–H and O–H groups in total. The Morgan fingerprint density at radius 2 is 1.19 bits per heavy atom. The molecule has 3 amide bonds. The normalized spacial score (nSPS) is 19.0. The molecule has 8 aromatic rings. The van der Waals surface area contributed by atoms with Crippen LogP contribution < -0.4 is 46.3 Å². The number of hydrogen-bond acceptors (Lipinski definition) is 26. The van der Waals surface area contributed by atoms with Gasteiger partial charge in [0.15, 0.2) is 23.3 Å². The molecule has 3 saturated heterocycles. The second kappa shape index (κ2) is 31.1. The lowest BCUT2D eigenvalue weighted by Gasteiger charge is -2.36. The molecule has 3 aromatic heterocycles. The number of fused-ring (bicyclic) bond motifs is 3. The van der Waals surface area contributed by atoms with Crippen molar-refractivity contribution in [1.82, 2.24) is 44.7 Å². The first kappa shape index (κ1) is 75.5. The number of carbonyl (C=O) groups excluding carboxylic acids is 3. The number of aromatic nitrogens is 5. The van der Waals surface area contributed by atoms with Gasteiger partial charge in [0.1, 0.15) is 70.4 Å². The Labute approximate surface area is 639 Å². The van der Waals surface area contributed by atoms with Gasteiger partial charge >= 0.3 is 12.5 Å². The third-order valence-corrected chi connectivity index (χ3v) is 19.3. The minimum absolute atomic E-state index is 0.00385. The number of alkyl halides is 8. The zero-order valence-electron chi connectivity index (χ0n) is 61.1. The molecule has 37 heteroatoms.